The lowest BCUT2D eigenvalue weighted by Gasteiger charge is -2.20. The Hall–Kier alpha value is -2.67. The van der Waals surface area contributed by atoms with E-state index in [1.165, 1.54) is 46.1 Å². The summed E-state index contributed by atoms with van der Waals surface area (Å²) >= 11 is 0. The van der Waals surface area contributed by atoms with Crippen LogP contribution in [-0.2, 0) is 20.0 Å². The van der Waals surface area contributed by atoms with Crippen molar-refractivity contribution in [3.63, 3.8) is 0 Å². The number of hydrogen-bond donors (Lipinski definition) is 1. The Bertz CT molecular complexity index is 1320. The third-order valence-corrected chi connectivity index (χ3v) is 10.6. The summed E-state index contributed by atoms with van der Waals surface area (Å²) in [5.41, 5.74) is 0.125. The summed E-state index contributed by atoms with van der Waals surface area (Å²) in [6.45, 7) is 2.31. The molecule has 1 amide bonds. The van der Waals surface area contributed by atoms with Crippen molar-refractivity contribution in [2.75, 3.05) is 46.4 Å². The van der Waals surface area contributed by atoms with Gasteiger partial charge in [-0.2, -0.15) is 8.61 Å². The lowest BCUT2D eigenvalue weighted by molar-refractivity contribution is 0.0943. The number of amides is 1. The average molecular weight is 566 g/mol. The van der Waals surface area contributed by atoms with Gasteiger partial charge in [0, 0.05) is 26.2 Å². The van der Waals surface area contributed by atoms with Gasteiger partial charge in [0.1, 0.15) is 18.1 Å². The standard InChI is InChI=1S/C26H35N3O7S2/c1-35-25-13-12-23(38(33,34)29-15-4-2-3-5-16-29)20-24(25)26(30)27-14-19-36-21-8-10-22(11-9-21)37(31,32)28-17-6-7-18-28/h8-13,20H,2-7,14-19H2,1H3,(H,27,30). The van der Waals surface area contributed by atoms with Crippen LogP contribution in [0, 0.1) is 0 Å². The zero-order chi connectivity index (χ0) is 27.2. The average Bonchev–Trinajstić information content (AvgIpc) is 3.34. The molecule has 0 aliphatic carbocycles. The van der Waals surface area contributed by atoms with Gasteiger partial charge in [0.25, 0.3) is 5.91 Å². The van der Waals surface area contributed by atoms with E-state index in [2.05, 4.69) is 5.32 Å². The molecule has 2 aromatic rings. The molecule has 0 spiro atoms. The molecule has 38 heavy (non-hydrogen) atoms. The number of methoxy groups -OCH3 is 1. The molecule has 2 fully saturated rings. The summed E-state index contributed by atoms with van der Waals surface area (Å²) in [7, 11) is -5.79. The summed E-state index contributed by atoms with van der Waals surface area (Å²) in [4.78, 5) is 13.2. The fraction of sp³-hybridized carbons (Fsp3) is 0.500. The molecule has 2 heterocycles. The van der Waals surface area contributed by atoms with Gasteiger partial charge in [-0.05, 0) is 68.1 Å². The Morgan fingerprint density at radius 3 is 1.89 bits per heavy atom. The van der Waals surface area contributed by atoms with Crippen LogP contribution in [0.2, 0.25) is 0 Å². The number of nitrogens with zero attached hydrogens (tertiary/aromatic N) is 2. The van der Waals surface area contributed by atoms with Crippen molar-refractivity contribution in [3.05, 3.63) is 48.0 Å². The molecule has 0 unspecified atom stereocenters. The number of carbonyl (C=O) groups excluding carboxylic acids is 1. The fourth-order valence-electron chi connectivity index (χ4n) is 4.67. The van der Waals surface area contributed by atoms with Crippen molar-refractivity contribution in [2.45, 2.75) is 48.3 Å². The zero-order valence-electron chi connectivity index (χ0n) is 21.6. The van der Waals surface area contributed by atoms with Gasteiger partial charge in [-0.1, -0.05) is 12.8 Å². The predicted octanol–water partition coefficient (Wildman–Crippen LogP) is 2.85. The minimum atomic E-state index is -3.72. The van der Waals surface area contributed by atoms with E-state index in [9.17, 15) is 21.6 Å². The molecule has 0 bridgehead atoms. The van der Waals surface area contributed by atoms with Crippen molar-refractivity contribution >= 4 is 26.0 Å². The lowest BCUT2D eigenvalue weighted by Crippen LogP contribution is -2.32. The SMILES string of the molecule is COc1ccc(S(=O)(=O)N2CCCCCC2)cc1C(=O)NCCOc1ccc(S(=O)(=O)N2CCCC2)cc1. The van der Waals surface area contributed by atoms with Gasteiger partial charge < -0.3 is 14.8 Å². The molecular formula is C26H35N3O7S2. The Labute approximate surface area is 225 Å². The maximum atomic E-state index is 13.2. The van der Waals surface area contributed by atoms with Crippen molar-refractivity contribution in [1.29, 1.82) is 0 Å². The van der Waals surface area contributed by atoms with E-state index in [0.717, 1.165) is 38.5 Å². The van der Waals surface area contributed by atoms with Gasteiger partial charge in [-0.3, -0.25) is 4.79 Å². The Morgan fingerprint density at radius 2 is 1.32 bits per heavy atom. The van der Waals surface area contributed by atoms with E-state index < -0.39 is 26.0 Å². The number of benzene rings is 2. The van der Waals surface area contributed by atoms with E-state index in [0.29, 0.717) is 31.9 Å². The molecule has 12 heteroatoms. The number of rotatable bonds is 10. The first-order valence-electron chi connectivity index (χ1n) is 12.9. The summed E-state index contributed by atoms with van der Waals surface area (Å²) in [5, 5.41) is 2.73. The van der Waals surface area contributed by atoms with Gasteiger partial charge in [-0.25, -0.2) is 16.8 Å². The Kier molecular flexibility index (Phi) is 9.29. The molecule has 10 nitrogen and oxygen atoms in total. The lowest BCUT2D eigenvalue weighted by atomic mass is 10.2. The van der Waals surface area contributed by atoms with Gasteiger partial charge in [0.05, 0.1) is 29.0 Å². The number of hydrogen-bond acceptors (Lipinski definition) is 7. The number of sulfonamides is 2. The maximum absolute atomic E-state index is 13.2. The van der Waals surface area contributed by atoms with Gasteiger partial charge in [0.2, 0.25) is 20.0 Å². The quantitative estimate of drug-likeness (QED) is 0.440. The number of carbonyl (C=O) groups is 1. The molecule has 2 aliphatic rings. The second-order valence-electron chi connectivity index (χ2n) is 9.37. The number of nitrogens with one attached hydrogen (secondary N) is 1. The van der Waals surface area contributed by atoms with Crippen molar-refractivity contribution in [3.8, 4) is 11.5 Å². The van der Waals surface area contributed by atoms with Crippen molar-refractivity contribution in [2.24, 2.45) is 0 Å². The highest BCUT2D eigenvalue weighted by molar-refractivity contribution is 7.89. The molecule has 2 aliphatic heterocycles. The van der Waals surface area contributed by atoms with Gasteiger partial charge in [0.15, 0.2) is 0 Å². The van der Waals surface area contributed by atoms with Crippen LogP contribution in [0.25, 0.3) is 0 Å². The Morgan fingerprint density at radius 1 is 0.789 bits per heavy atom. The summed E-state index contributed by atoms with van der Waals surface area (Å²) in [5.74, 6) is 0.265. The van der Waals surface area contributed by atoms with Crippen LogP contribution in [0.4, 0.5) is 0 Å². The number of ether oxygens (including phenoxy) is 2. The van der Waals surface area contributed by atoms with E-state index >= 15 is 0 Å². The second kappa shape index (κ2) is 12.5. The minimum Gasteiger partial charge on any atom is -0.496 e. The summed E-state index contributed by atoms with van der Waals surface area (Å²) in [6.07, 6.45) is 5.39. The molecule has 0 radical (unpaired) electrons. The normalized spacial score (nSPS) is 17.6. The zero-order valence-corrected chi connectivity index (χ0v) is 23.2. The molecule has 0 aromatic heterocycles. The highest BCUT2D eigenvalue weighted by atomic mass is 32.2. The summed E-state index contributed by atoms with van der Waals surface area (Å²) < 4.78 is 65.6. The van der Waals surface area contributed by atoms with E-state index in [4.69, 9.17) is 9.47 Å². The smallest absolute Gasteiger partial charge is 0.255 e. The first-order chi connectivity index (χ1) is 18.2. The second-order valence-corrected chi connectivity index (χ2v) is 13.2. The molecular weight excluding hydrogens is 530 g/mol. The van der Waals surface area contributed by atoms with Crippen molar-refractivity contribution in [1.82, 2.24) is 13.9 Å². The highest BCUT2D eigenvalue weighted by Crippen LogP contribution is 2.26. The molecule has 4 rings (SSSR count). The third kappa shape index (κ3) is 6.48. The largest absolute Gasteiger partial charge is 0.496 e. The fourth-order valence-corrected chi connectivity index (χ4v) is 7.73. The first kappa shape index (κ1) is 28.3. The maximum Gasteiger partial charge on any atom is 0.255 e. The monoisotopic (exact) mass is 565 g/mol. The molecule has 2 aromatic carbocycles. The summed E-state index contributed by atoms with van der Waals surface area (Å²) in [6, 6.07) is 10.5. The van der Waals surface area contributed by atoms with E-state index in [1.807, 2.05) is 0 Å². The highest BCUT2D eigenvalue weighted by Gasteiger charge is 2.28. The first-order valence-corrected chi connectivity index (χ1v) is 15.8. The predicted molar refractivity (Wildman–Crippen MR) is 142 cm³/mol. The van der Waals surface area contributed by atoms with Crippen LogP contribution < -0.4 is 14.8 Å². The van der Waals surface area contributed by atoms with Crippen LogP contribution in [-0.4, -0.2) is 77.8 Å². The van der Waals surface area contributed by atoms with Crippen LogP contribution in [0.5, 0.6) is 11.5 Å². The van der Waals surface area contributed by atoms with Crippen LogP contribution in [0.1, 0.15) is 48.9 Å². The van der Waals surface area contributed by atoms with Crippen LogP contribution >= 0.6 is 0 Å². The van der Waals surface area contributed by atoms with Crippen molar-refractivity contribution < 1.29 is 31.1 Å². The molecule has 2 saturated heterocycles. The van der Waals surface area contributed by atoms with Crippen LogP contribution in [0.15, 0.2) is 52.3 Å². The van der Waals surface area contributed by atoms with E-state index in [1.54, 1.807) is 12.1 Å². The molecule has 208 valence electrons. The topological polar surface area (TPSA) is 122 Å². The molecule has 1 N–H and O–H groups in total. The molecule has 0 saturated carbocycles. The van der Waals surface area contributed by atoms with Gasteiger partial charge in [-0.15, -0.1) is 0 Å². The van der Waals surface area contributed by atoms with Crippen LogP contribution in [0.3, 0.4) is 0 Å². The van der Waals surface area contributed by atoms with Gasteiger partial charge >= 0.3 is 0 Å². The van der Waals surface area contributed by atoms with E-state index in [-0.39, 0.29) is 34.3 Å². The Balaban J connectivity index is 1.35. The molecule has 0 atom stereocenters. The minimum absolute atomic E-state index is 0.0607. The third-order valence-electron chi connectivity index (χ3n) is 6.80.